The van der Waals surface area contributed by atoms with Gasteiger partial charge in [0.2, 0.25) is 10.0 Å². The maximum atomic E-state index is 11.3. The van der Waals surface area contributed by atoms with Crippen LogP contribution in [0.2, 0.25) is 0 Å². The molecule has 128 valence electrons. The van der Waals surface area contributed by atoms with Crippen molar-refractivity contribution < 1.29 is 13.3 Å². The number of nitrogens with zero attached hydrogens (tertiary/aromatic N) is 2. The minimum atomic E-state index is -3.97. The molecule has 8 nitrogen and oxygen atoms in total. The Balaban J connectivity index is 2.16. The summed E-state index contributed by atoms with van der Waals surface area (Å²) < 4.78 is 22.7. The third-order valence-electron chi connectivity index (χ3n) is 3.75. The molecule has 1 fully saturated rings. The van der Waals surface area contributed by atoms with E-state index in [-0.39, 0.29) is 16.6 Å². The molecule has 1 aliphatic heterocycles. The molecule has 0 amide bonds. The van der Waals surface area contributed by atoms with Gasteiger partial charge in [0, 0.05) is 31.7 Å². The van der Waals surface area contributed by atoms with Crippen LogP contribution in [0.5, 0.6) is 0 Å². The topological polar surface area (TPSA) is 119 Å². The Morgan fingerprint density at radius 1 is 1.48 bits per heavy atom. The Morgan fingerprint density at radius 3 is 2.74 bits per heavy atom. The number of sulfonamides is 1. The van der Waals surface area contributed by atoms with Crippen molar-refractivity contribution in [2.75, 3.05) is 25.0 Å². The molecule has 1 aliphatic rings. The molecule has 0 aliphatic carbocycles. The molecule has 1 aromatic carbocycles. The van der Waals surface area contributed by atoms with Gasteiger partial charge in [-0.05, 0) is 24.5 Å². The number of benzene rings is 1. The van der Waals surface area contributed by atoms with Crippen molar-refractivity contribution in [3.8, 4) is 0 Å². The predicted molar refractivity (Wildman–Crippen MR) is 87.8 cm³/mol. The van der Waals surface area contributed by atoms with Gasteiger partial charge >= 0.3 is 0 Å². The quantitative estimate of drug-likeness (QED) is 0.595. The average molecular weight is 342 g/mol. The molecule has 0 saturated carbocycles. The highest BCUT2D eigenvalue weighted by Crippen LogP contribution is 2.29. The molecule has 0 radical (unpaired) electrons. The lowest BCUT2D eigenvalue weighted by Crippen LogP contribution is -2.29. The van der Waals surface area contributed by atoms with Gasteiger partial charge in [-0.25, -0.2) is 13.6 Å². The first-order valence-corrected chi connectivity index (χ1v) is 9.01. The van der Waals surface area contributed by atoms with Crippen LogP contribution in [0.1, 0.15) is 20.3 Å². The van der Waals surface area contributed by atoms with E-state index >= 15 is 0 Å². The largest absolute Gasteiger partial charge is 0.375 e. The summed E-state index contributed by atoms with van der Waals surface area (Å²) in [6.07, 6.45) is 0.890. The molecule has 0 spiro atoms. The molecule has 3 N–H and O–H groups in total. The van der Waals surface area contributed by atoms with Crippen molar-refractivity contribution in [1.82, 2.24) is 4.90 Å². The summed E-state index contributed by atoms with van der Waals surface area (Å²) >= 11 is 0. The second-order valence-electron chi connectivity index (χ2n) is 6.26. The second kappa shape index (κ2) is 6.81. The van der Waals surface area contributed by atoms with Crippen molar-refractivity contribution in [3.05, 3.63) is 28.3 Å². The van der Waals surface area contributed by atoms with E-state index in [1.165, 1.54) is 12.1 Å². The highest BCUT2D eigenvalue weighted by Gasteiger charge is 2.26. The fourth-order valence-corrected chi connectivity index (χ4v) is 3.35. The fourth-order valence-electron chi connectivity index (χ4n) is 2.81. The lowest BCUT2D eigenvalue weighted by Gasteiger charge is -2.19. The molecule has 1 atom stereocenters. The lowest BCUT2D eigenvalue weighted by atomic mass is 10.2. The number of anilines is 1. The van der Waals surface area contributed by atoms with Gasteiger partial charge in [0.1, 0.15) is 5.69 Å². The first kappa shape index (κ1) is 17.6. The lowest BCUT2D eigenvalue weighted by molar-refractivity contribution is -0.384. The maximum absolute atomic E-state index is 11.3. The number of nitrogens with one attached hydrogen (secondary N) is 1. The number of hydrogen-bond donors (Lipinski definition) is 2. The van der Waals surface area contributed by atoms with E-state index in [0.717, 1.165) is 32.1 Å². The predicted octanol–water partition coefficient (Wildman–Crippen LogP) is 1.38. The van der Waals surface area contributed by atoms with E-state index in [9.17, 15) is 18.5 Å². The first-order chi connectivity index (χ1) is 10.7. The molecule has 2 rings (SSSR count). The molecule has 1 saturated heterocycles. The van der Waals surface area contributed by atoms with Gasteiger partial charge in [-0.3, -0.25) is 10.1 Å². The van der Waals surface area contributed by atoms with E-state index in [4.69, 9.17) is 5.14 Å². The van der Waals surface area contributed by atoms with Crippen LogP contribution in [0.3, 0.4) is 0 Å². The van der Waals surface area contributed by atoms with Crippen LogP contribution in [0.15, 0.2) is 23.1 Å². The van der Waals surface area contributed by atoms with Gasteiger partial charge in [0.25, 0.3) is 5.69 Å². The maximum Gasteiger partial charge on any atom is 0.293 e. The highest BCUT2D eigenvalue weighted by molar-refractivity contribution is 7.89. The van der Waals surface area contributed by atoms with Crippen molar-refractivity contribution in [1.29, 1.82) is 0 Å². The standard InChI is InChI=1S/C14H22N4O4S/c1-10(2)8-17-6-5-11(9-17)16-13-4-3-12(23(15,21)22)7-14(13)18(19)20/h3-4,7,10-11,16H,5-6,8-9H2,1-2H3,(H2,15,21,22)/t11-/m1/s1. The zero-order valence-electron chi connectivity index (χ0n) is 13.2. The zero-order valence-corrected chi connectivity index (χ0v) is 14.0. The van der Waals surface area contributed by atoms with Crippen molar-refractivity contribution in [3.63, 3.8) is 0 Å². The third-order valence-corrected chi connectivity index (χ3v) is 4.66. The molecule has 1 aromatic rings. The molecular formula is C14H22N4O4S. The van der Waals surface area contributed by atoms with Gasteiger partial charge in [0.15, 0.2) is 0 Å². The normalized spacial score (nSPS) is 19.2. The Kier molecular flexibility index (Phi) is 5.23. The van der Waals surface area contributed by atoms with Crippen LogP contribution in [0.4, 0.5) is 11.4 Å². The monoisotopic (exact) mass is 342 g/mol. The van der Waals surface area contributed by atoms with Crippen molar-refractivity contribution in [2.45, 2.75) is 31.2 Å². The number of rotatable bonds is 6. The number of hydrogen-bond acceptors (Lipinski definition) is 6. The summed E-state index contributed by atoms with van der Waals surface area (Å²) in [6, 6.07) is 3.79. The van der Waals surface area contributed by atoms with Crippen LogP contribution in [0.25, 0.3) is 0 Å². The summed E-state index contributed by atoms with van der Waals surface area (Å²) in [6.45, 7) is 7.05. The number of nitro groups is 1. The Bertz CT molecular complexity index is 690. The number of likely N-dealkylation sites (tertiary alicyclic amines) is 1. The van der Waals surface area contributed by atoms with Gasteiger partial charge in [0.05, 0.1) is 9.82 Å². The molecule has 9 heteroatoms. The first-order valence-electron chi connectivity index (χ1n) is 7.47. The fraction of sp³-hybridized carbons (Fsp3) is 0.571. The minimum absolute atomic E-state index is 0.104. The van der Waals surface area contributed by atoms with Gasteiger partial charge in [-0.1, -0.05) is 13.8 Å². The summed E-state index contributed by atoms with van der Waals surface area (Å²) in [5.74, 6) is 0.567. The third kappa shape index (κ3) is 4.63. The van der Waals surface area contributed by atoms with E-state index < -0.39 is 14.9 Å². The Hall–Kier alpha value is -1.71. The van der Waals surface area contributed by atoms with Crippen molar-refractivity contribution >= 4 is 21.4 Å². The van der Waals surface area contributed by atoms with E-state index in [0.29, 0.717) is 11.6 Å². The van der Waals surface area contributed by atoms with Crippen molar-refractivity contribution in [2.24, 2.45) is 11.1 Å². The van der Waals surface area contributed by atoms with Crippen LogP contribution in [0, 0.1) is 16.0 Å². The van der Waals surface area contributed by atoms with Gasteiger partial charge in [-0.15, -0.1) is 0 Å². The Morgan fingerprint density at radius 2 is 2.17 bits per heavy atom. The number of nitro benzene ring substituents is 1. The van der Waals surface area contributed by atoms with E-state index in [1.807, 2.05) is 0 Å². The number of primary sulfonamides is 1. The van der Waals surface area contributed by atoms with Gasteiger partial charge < -0.3 is 10.2 Å². The van der Waals surface area contributed by atoms with E-state index in [1.54, 1.807) is 0 Å². The summed E-state index contributed by atoms with van der Waals surface area (Å²) in [5.41, 5.74) is 0.0395. The molecule has 0 unspecified atom stereocenters. The average Bonchev–Trinajstić information content (AvgIpc) is 2.84. The summed E-state index contributed by atoms with van der Waals surface area (Å²) in [7, 11) is -3.97. The second-order valence-corrected chi connectivity index (χ2v) is 7.83. The zero-order chi connectivity index (χ0) is 17.2. The minimum Gasteiger partial charge on any atom is -0.375 e. The molecule has 1 heterocycles. The highest BCUT2D eigenvalue weighted by atomic mass is 32.2. The molecule has 0 aromatic heterocycles. The molecule has 0 bridgehead atoms. The summed E-state index contributed by atoms with van der Waals surface area (Å²) in [4.78, 5) is 12.7. The van der Waals surface area contributed by atoms with E-state index in [2.05, 4.69) is 24.1 Å². The smallest absolute Gasteiger partial charge is 0.293 e. The molecular weight excluding hydrogens is 320 g/mol. The molecule has 23 heavy (non-hydrogen) atoms. The van der Waals surface area contributed by atoms with Crippen LogP contribution < -0.4 is 10.5 Å². The van der Waals surface area contributed by atoms with Crippen LogP contribution in [-0.2, 0) is 10.0 Å². The SMILES string of the molecule is CC(C)CN1CC[C@@H](Nc2ccc(S(N)(=O)=O)cc2[N+](=O)[O-])C1. The Labute approximate surface area is 135 Å². The number of nitrogens with two attached hydrogens (primary N) is 1. The van der Waals surface area contributed by atoms with Crippen LogP contribution in [-0.4, -0.2) is 43.9 Å². The van der Waals surface area contributed by atoms with Crippen LogP contribution >= 0.6 is 0 Å². The summed E-state index contributed by atoms with van der Waals surface area (Å²) in [5, 5.41) is 19.4. The van der Waals surface area contributed by atoms with Gasteiger partial charge in [-0.2, -0.15) is 0 Å².